The van der Waals surface area contributed by atoms with Gasteiger partial charge in [0.1, 0.15) is 6.04 Å². The van der Waals surface area contributed by atoms with E-state index < -0.39 is 12.0 Å². The largest absolute Gasteiger partial charge is 0.343 e. The van der Waals surface area contributed by atoms with Gasteiger partial charge in [-0.25, -0.2) is 4.98 Å². The molecule has 4 rings (SSSR count). The van der Waals surface area contributed by atoms with Crippen molar-refractivity contribution in [3.63, 3.8) is 0 Å². The lowest BCUT2D eigenvalue weighted by Gasteiger charge is -2.25. The van der Waals surface area contributed by atoms with Crippen molar-refractivity contribution in [3.8, 4) is 11.3 Å². The maximum Gasteiger partial charge on any atom is 0.248 e. The third-order valence-corrected chi connectivity index (χ3v) is 6.34. The first-order valence-electron chi connectivity index (χ1n) is 11.2. The Kier molecular flexibility index (Phi) is 7.50. The fraction of sp³-hybridized carbons (Fsp3) is 0.179. The van der Waals surface area contributed by atoms with Crippen molar-refractivity contribution in [2.75, 3.05) is 5.32 Å². The Bertz CT molecular complexity index is 1180. The minimum atomic E-state index is -0.702. The molecule has 2 N–H and O–H groups in total. The van der Waals surface area contributed by atoms with Crippen LogP contribution in [-0.2, 0) is 9.59 Å². The van der Waals surface area contributed by atoms with Crippen LogP contribution in [0.1, 0.15) is 30.9 Å². The zero-order valence-corrected chi connectivity index (χ0v) is 20.0. The average molecular weight is 470 g/mol. The predicted octanol–water partition coefficient (Wildman–Crippen LogP) is 5.72. The number of carbonyl (C=O) groups is 2. The van der Waals surface area contributed by atoms with Gasteiger partial charge < -0.3 is 10.6 Å². The van der Waals surface area contributed by atoms with Gasteiger partial charge in [0.25, 0.3) is 0 Å². The lowest BCUT2D eigenvalue weighted by Crippen LogP contribution is -2.48. The molecule has 0 saturated heterocycles. The number of rotatable bonds is 8. The Morgan fingerprint density at radius 2 is 1.29 bits per heavy atom. The molecule has 0 unspecified atom stereocenters. The van der Waals surface area contributed by atoms with Crippen molar-refractivity contribution in [1.82, 2.24) is 10.3 Å². The molecule has 1 heterocycles. The minimum Gasteiger partial charge on any atom is -0.343 e. The highest BCUT2D eigenvalue weighted by molar-refractivity contribution is 7.14. The molecule has 0 radical (unpaired) electrons. The van der Waals surface area contributed by atoms with Gasteiger partial charge in [0.05, 0.1) is 11.6 Å². The van der Waals surface area contributed by atoms with E-state index in [-0.39, 0.29) is 17.7 Å². The summed E-state index contributed by atoms with van der Waals surface area (Å²) >= 11 is 1.36. The molecule has 2 amide bonds. The molecule has 0 bridgehead atoms. The molecule has 3 aromatic carbocycles. The Labute approximate surface area is 203 Å². The third-order valence-electron chi connectivity index (χ3n) is 5.58. The van der Waals surface area contributed by atoms with Gasteiger partial charge in [0.15, 0.2) is 5.13 Å². The normalized spacial score (nSPS) is 11.9. The highest BCUT2D eigenvalue weighted by atomic mass is 32.1. The predicted molar refractivity (Wildman–Crippen MR) is 138 cm³/mol. The van der Waals surface area contributed by atoms with E-state index in [4.69, 9.17) is 0 Å². The fourth-order valence-corrected chi connectivity index (χ4v) is 4.54. The SMILES string of the molecule is CC(C)[C@@H](NC(=O)C(c1ccccc1)c1ccccc1)C(=O)Nc1nc(-c2ccccc2)cs1. The summed E-state index contributed by atoms with van der Waals surface area (Å²) in [5, 5.41) is 8.31. The first-order valence-corrected chi connectivity index (χ1v) is 12.1. The summed E-state index contributed by atoms with van der Waals surface area (Å²) < 4.78 is 0. The molecule has 5 nitrogen and oxygen atoms in total. The number of amides is 2. The molecule has 0 aliphatic rings. The first-order chi connectivity index (χ1) is 16.5. The van der Waals surface area contributed by atoms with Crippen LogP contribution in [0.25, 0.3) is 11.3 Å². The number of anilines is 1. The number of hydrogen-bond donors (Lipinski definition) is 2. The van der Waals surface area contributed by atoms with Crippen LogP contribution in [-0.4, -0.2) is 22.8 Å². The van der Waals surface area contributed by atoms with Gasteiger partial charge in [0, 0.05) is 10.9 Å². The Morgan fingerprint density at radius 1 is 0.765 bits per heavy atom. The number of nitrogens with one attached hydrogen (secondary N) is 2. The summed E-state index contributed by atoms with van der Waals surface area (Å²) in [5.74, 6) is -1.11. The topological polar surface area (TPSA) is 71.1 Å². The second-order valence-electron chi connectivity index (χ2n) is 8.38. The average Bonchev–Trinajstić information content (AvgIpc) is 3.33. The maximum absolute atomic E-state index is 13.5. The van der Waals surface area contributed by atoms with E-state index in [0.29, 0.717) is 5.13 Å². The van der Waals surface area contributed by atoms with E-state index in [1.54, 1.807) is 0 Å². The van der Waals surface area contributed by atoms with Crippen LogP contribution < -0.4 is 10.6 Å². The van der Waals surface area contributed by atoms with E-state index in [1.807, 2.05) is 110 Å². The van der Waals surface area contributed by atoms with E-state index in [9.17, 15) is 9.59 Å². The Balaban J connectivity index is 1.52. The number of benzene rings is 3. The van der Waals surface area contributed by atoms with Crippen molar-refractivity contribution in [2.24, 2.45) is 5.92 Å². The number of aromatic nitrogens is 1. The van der Waals surface area contributed by atoms with E-state index in [1.165, 1.54) is 11.3 Å². The number of hydrogen-bond acceptors (Lipinski definition) is 4. The monoisotopic (exact) mass is 469 g/mol. The molecule has 0 aliphatic heterocycles. The summed E-state index contributed by atoms with van der Waals surface area (Å²) in [5.41, 5.74) is 3.55. The Hall–Kier alpha value is -3.77. The first kappa shape index (κ1) is 23.4. The van der Waals surface area contributed by atoms with Crippen molar-refractivity contribution >= 4 is 28.3 Å². The van der Waals surface area contributed by atoms with Crippen molar-refractivity contribution < 1.29 is 9.59 Å². The number of nitrogens with zero attached hydrogens (tertiary/aromatic N) is 1. The third kappa shape index (κ3) is 5.58. The quantitative estimate of drug-likeness (QED) is 0.347. The lowest BCUT2D eigenvalue weighted by molar-refractivity contribution is -0.127. The van der Waals surface area contributed by atoms with Crippen molar-refractivity contribution in [1.29, 1.82) is 0 Å². The van der Waals surface area contributed by atoms with Crippen molar-refractivity contribution in [2.45, 2.75) is 25.8 Å². The molecule has 1 aromatic heterocycles. The smallest absolute Gasteiger partial charge is 0.248 e. The molecule has 6 heteroatoms. The summed E-state index contributed by atoms with van der Waals surface area (Å²) in [4.78, 5) is 31.2. The molecule has 4 aromatic rings. The van der Waals surface area contributed by atoms with Gasteiger partial charge in [-0.3, -0.25) is 9.59 Å². The molecule has 0 spiro atoms. The number of carbonyl (C=O) groups excluding carboxylic acids is 2. The van der Waals surface area contributed by atoms with Gasteiger partial charge >= 0.3 is 0 Å². The van der Waals surface area contributed by atoms with Gasteiger partial charge in [-0.15, -0.1) is 11.3 Å². The lowest BCUT2D eigenvalue weighted by atomic mass is 9.89. The molecular weight excluding hydrogens is 442 g/mol. The highest BCUT2D eigenvalue weighted by Gasteiger charge is 2.30. The van der Waals surface area contributed by atoms with E-state index >= 15 is 0 Å². The molecule has 172 valence electrons. The fourth-order valence-electron chi connectivity index (χ4n) is 3.81. The van der Waals surface area contributed by atoms with Crippen LogP contribution in [0.3, 0.4) is 0 Å². The standard InChI is InChI=1S/C28H27N3O2S/c1-19(2)25(27(33)31-28-29-23(18-34-28)20-12-6-3-7-13-20)30-26(32)24(21-14-8-4-9-15-21)22-16-10-5-11-17-22/h3-19,24-25H,1-2H3,(H,30,32)(H,29,31,33)/t25-/m1/s1. The second kappa shape index (κ2) is 10.9. The van der Waals surface area contributed by atoms with Crippen LogP contribution in [0.2, 0.25) is 0 Å². The maximum atomic E-state index is 13.5. The summed E-state index contributed by atoms with van der Waals surface area (Å²) in [6, 6.07) is 28.3. The summed E-state index contributed by atoms with van der Waals surface area (Å²) in [7, 11) is 0. The van der Waals surface area contributed by atoms with Crippen LogP contribution in [0.5, 0.6) is 0 Å². The van der Waals surface area contributed by atoms with Crippen LogP contribution >= 0.6 is 11.3 Å². The minimum absolute atomic E-state index is 0.107. The summed E-state index contributed by atoms with van der Waals surface area (Å²) in [6.07, 6.45) is 0. The van der Waals surface area contributed by atoms with E-state index in [0.717, 1.165) is 22.4 Å². The van der Waals surface area contributed by atoms with Gasteiger partial charge in [-0.2, -0.15) is 0 Å². The van der Waals surface area contributed by atoms with Gasteiger partial charge in [-0.1, -0.05) is 105 Å². The van der Waals surface area contributed by atoms with Crippen LogP contribution in [0.4, 0.5) is 5.13 Å². The van der Waals surface area contributed by atoms with Gasteiger partial charge in [0.2, 0.25) is 11.8 Å². The highest BCUT2D eigenvalue weighted by Crippen LogP contribution is 2.27. The molecule has 0 aliphatic carbocycles. The zero-order valence-electron chi connectivity index (χ0n) is 19.1. The Morgan fingerprint density at radius 3 is 1.82 bits per heavy atom. The van der Waals surface area contributed by atoms with Crippen molar-refractivity contribution in [3.05, 3.63) is 108 Å². The molecule has 34 heavy (non-hydrogen) atoms. The molecular formula is C28H27N3O2S. The molecule has 1 atom stereocenters. The molecule has 0 fully saturated rings. The summed E-state index contributed by atoms with van der Waals surface area (Å²) in [6.45, 7) is 3.84. The number of thiazole rings is 1. The zero-order chi connectivity index (χ0) is 23.9. The molecule has 0 saturated carbocycles. The second-order valence-corrected chi connectivity index (χ2v) is 9.24. The van der Waals surface area contributed by atoms with Gasteiger partial charge in [-0.05, 0) is 17.0 Å². The van der Waals surface area contributed by atoms with Crippen LogP contribution in [0, 0.1) is 5.92 Å². The van der Waals surface area contributed by atoms with E-state index in [2.05, 4.69) is 15.6 Å². The van der Waals surface area contributed by atoms with Crippen LogP contribution in [0.15, 0.2) is 96.4 Å².